The molecule has 1 fully saturated rings. The maximum atomic E-state index is 12.7. The summed E-state index contributed by atoms with van der Waals surface area (Å²) in [6.07, 6.45) is -0.423. The number of morpholine rings is 1. The molecule has 1 aliphatic rings. The van der Waals surface area contributed by atoms with Gasteiger partial charge in [0.2, 0.25) is 0 Å². The van der Waals surface area contributed by atoms with Gasteiger partial charge in [0.15, 0.2) is 5.82 Å². The maximum absolute atomic E-state index is 12.7. The van der Waals surface area contributed by atoms with E-state index in [1.807, 2.05) is 17.9 Å². The summed E-state index contributed by atoms with van der Waals surface area (Å²) in [4.78, 5) is 1.94. The lowest BCUT2D eigenvalue weighted by molar-refractivity contribution is 0.0244. The van der Waals surface area contributed by atoms with Crippen molar-refractivity contribution in [2.45, 2.75) is 13.0 Å². The Balaban J connectivity index is 1.85. The molecule has 0 saturated carbocycles. The van der Waals surface area contributed by atoms with Gasteiger partial charge in [0, 0.05) is 23.7 Å². The van der Waals surface area contributed by atoms with Crippen molar-refractivity contribution in [1.82, 2.24) is 10.2 Å². The Bertz CT molecular complexity index is 673. The highest BCUT2D eigenvalue weighted by Crippen LogP contribution is 2.34. The Kier molecular flexibility index (Phi) is 4.63. The van der Waals surface area contributed by atoms with E-state index in [1.54, 1.807) is 12.1 Å². The number of hydrogen-bond acceptors (Lipinski definition) is 5. The van der Waals surface area contributed by atoms with E-state index in [9.17, 15) is 9.50 Å². The van der Waals surface area contributed by atoms with Gasteiger partial charge in [-0.25, -0.2) is 4.39 Å². The van der Waals surface area contributed by atoms with E-state index in [2.05, 4.69) is 10.2 Å². The van der Waals surface area contributed by atoms with Crippen LogP contribution in [0.4, 0.5) is 10.2 Å². The first-order valence-electron chi connectivity index (χ1n) is 7.34. The van der Waals surface area contributed by atoms with Crippen molar-refractivity contribution in [1.29, 1.82) is 0 Å². The number of halogens is 2. The van der Waals surface area contributed by atoms with E-state index in [4.69, 9.17) is 16.3 Å². The molecule has 0 spiro atoms. The summed E-state index contributed by atoms with van der Waals surface area (Å²) in [5, 5.41) is 19.0. The van der Waals surface area contributed by atoms with Gasteiger partial charge in [0.1, 0.15) is 18.5 Å². The molecule has 0 amide bonds. The van der Waals surface area contributed by atoms with Gasteiger partial charge in [-0.2, -0.15) is 0 Å². The fourth-order valence-electron chi connectivity index (χ4n) is 2.71. The molecule has 1 N–H and O–H groups in total. The summed E-state index contributed by atoms with van der Waals surface area (Å²) >= 11 is 5.92. The Morgan fingerprint density at radius 1 is 1.39 bits per heavy atom. The molecule has 0 aliphatic carbocycles. The van der Waals surface area contributed by atoms with Crippen LogP contribution < -0.4 is 4.90 Å². The van der Waals surface area contributed by atoms with Gasteiger partial charge in [-0.1, -0.05) is 11.6 Å². The number of aryl methyl sites for hydroxylation is 1. The van der Waals surface area contributed by atoms with Gasteiger partial charge < -0.3 is 14.7 Å². The Hall–Kier alpha value is -1.92. The van der Waals surface area contributed by atoms with E-state index in [0.29, 0.717) is 41.8 Å². The average molecular weight is 338 g/mol. The minimum atomic E-state index is -0.514. The molecule has 3 rings (SSSR count). The number of aromatic hydroxyl groups is 1. The molecule has 7 heteroatoms. The molecule has 2 aromatic rings. The summed E-state index contributed by atoms with van der Waals surface area (Å²) < 4.78 is 18.1. The van der Waals surface area contributed by atoms with Crippen LogP contribution in [0.3, 0.4) is 0 Å². The van der Waals surface area contributed by atoms with Gasteiger partial charge in [-0.3, -0.25) is 0 Å². The summed E-state index contributed by atoms with van der Waals surface area (Å²) in [5.41, 5.74) is 1.99. The van der Waals surface area contributed by atoms with Crippen molar-refractivity contribution in [3.63, 3.8) is 0 Å². The molecule has 1 aromatic heterocycles. The molecule has 2 heterocycles. The third-order valence-electron chi connectivity index (χ3n) is 3.82. The van der Waals surface area contributed by atoms with Crippen molar-refractivity contribution >= 4 is 17.4 Å². The number of anilines is 1. The molecule has 23 heavy (non-hydrogen) atoms. The van der Waals surface area contributed by atoms with Crippen molar-refractivity contribution in [2.75, 3.05) is 31.3 Å². The maximum Gasteiger partial charge on any atom is 0.151 e. The van der Waals surface area contributed by atoms with Crippen LogP contribution in [-0.2, 0) is 4.74 Å². The predicted octanol–water partition coefficient (Wildman–Crippen LogP) is 2.99. The van der Waals surface area contributed by atoms with Crippen LogP contribution in [0.2, 0.25) is 5.02 Å². The number of phenols is 1. The lowest BCUT2D eigenvalue weighted by Gasteiger charge is -2.32. The van der Waals surface area contributed by atoms with E-state index in [1.165, 1.54) is 6.07 Å². The van der Waals surface area contributed by atoms with Crippen molar-refractivity contribution in [2.24, 2.45) is 0 Å². The second kappa shape index (κ2) is 6.68. The van der Waals surface area contributed by atoms with E-state index < -0.39 is 12.8 Å². The number of aromatic nitrogens is 2. The summed E-state index contributed by atoms with van der Waals surface area (Å²) in [7, 11) is 0. The van der Waals surface area contributed by atoms with Crippen LogP contribution >= 0.6 is 11.6 Å². The van der Waals surface area contributed by atoms with Gasteiger partial charge >= 0.3 is 0 Å². The highest BCUT2D eigenvalue weighted by Gasteiger charge is 2.22. The van der Waals surface area contributed by atoms with Gasteiger partial charge in [0.25, 0.3) is 0 Å². The topological polar surface area (TPSA) is 58.5 Å². The standard InChI is InChI=1S/C16H17ClFN3O2/c1-10-6-11(17)7-14(22)16(10)13-2-3-15(20-19-13)21-4-5-23-12(8-18)9-21/h2-3,6-7,12,22H,4-5,8-9H2,1H3/t12-/m0/s1. The van der Waals surface area contributed by atoms with Crippen LogP contribution in [0, 0.1) is 6.92 Å². The molecule has 5 nitrogen and oxygen atoms in total. The molecular formula is C16H17ClFN3O2. The summed E-state index contributed by atoms with van der Waals surface area (Å²) in [6, 6.07) is 6.85. The zero-order valence-corrected chi connectivity index (χ0v) is 13.4. The zero-order valence-electron chi connectivity index (χ0n) is 12.7. The first-order chi connectivity index (χ1) is 11.1. The lowest BCUT2D eigenvalue weighted by atomic mass is 10.0. The number of phenolic OH excluding ortho intramolecular Hbond substituents is 1. The SMILES string of the molecule is Cc1cc(Cl)cc(O)c1-c1ccc(N2CCO[C@@H](CF)C2)nn1. The van der Waals surface area contributed by atoms with Gasteiger partial charge in [-0.05, 0) is 36.8 Å². The second-order valence-electron chi connectivity index (χ2n) is 5.49. The largest absolute Gasteiger partial charge is 0.507 e. The monoisotopic (exact) mass is 337 g/mol. The van der Waals surface area contributed by atoms with Crippen LogP contribution in [-0.4, -0.2) is 47.8 Å². The number of benzene rings is 1. The third-order valence-corrected chi connectivity index (χ3v) is 4.04. The summed E-state index contributed by atoms with van der Waals surface area (Å²) in [5.74, 6) is 0.738. The Morgan fingerprint density at radius 2 is 2.22 bits per heavy atom. The van der Waals surface area contributed by atoms with E-state index in [-0.39, 0.29) is 5.75 Å². The fraction of sp³-hybridized carbons (Fsp3) is 0.375. The Morgan fingerprint density at radius 3 is 2.87 bits per heavy atom. The first kappa shape index (κ1) is 16.0. The number of nitrogens with zero attached hydrogens (tertiary/aromatic N) is 3. The van der Waals surface area contributed by atoms with Crippen LogP contribution in [0.25, 0.3) is 11.3 Å². The normalized spacial score (nSPS) is 18.2. The number of rotatable bonds is 3. The number of hydrogen-bond donors (Lipinski definition) is 1. The lowest BCUT2D eigenvalue weighted by Crippen LogP contribution is -2.43. The van der Waals surface area contributed by atoms with Gasteiger partial charge in [0.05, 0.1) is 12.3 Å². The first-order valence-corrected chi connectivity index (χ1v) is 7.72. The predicted molar refractivity (Wildman–Crippen MR) is 86.8 cm³/mol. The molecule has 0 unspecified atom stereocenters. The van der Waals surface area contributed by atoms with Crippen molar-refractivity contribution in [3.05, 3.63) is 34.9 Å². The molecule has 0 radical (unpaired) electrons. The molecule has 1 aliphatic heterocycles. The quantitative estimate of drug-likeness (QED) is 0.933. The van der Waals surface area contributed by atoms with Crippen LogP contribution in [0.15, 0.2) is 24.3 Å². The van der Waals surface area contributed by atoms with Crippen molar-refractivity contribution < 1.29 is 14.2 Å². The minimum absolute atomic E-state index is 0.0703. The smallest absolute Gasteiger partial charge is 0.151 e. The van der Waals surface area contributed by atoms with E-state index >= 15 is 0 Å². The highest BCUT2D eigenvalue weighted by molar-refractivity contribution is 6.31. The molecule has 122 valence electrons. The van der Waals surface area contributed by atoms with Crippen LogP contribution in [0.5, 0.6) is 5.75 Å². The molecule has 0 bridgehead atoms. The third kappa shape index (κ3) is 3.38. The molecular weight excluding hydrogens is 321 g/mol. The van der Waals surface area contributed by atoms with Crippen molar-refractivity contribution in [3.8, 4) is 17.0 Å². The number of ether oxygens (including phenoxy) is 1. The average Bonchev–Trinajstić information content (AvgIpc) is 2.54. The number of alkyl halides is 1. The second-order valence-corrected chi connectivity index (χ2v) is 5.92. The summed E-state index contributed by atoms with van der Waals surface area (Å²) in [6.45, 7) is 2.91. The van der Waals surface area contributed by atoms with Gasteiger partial charge in [-0.15, -0.1) is 10.2 Å². The molecule has 1 saturated heterocycles. The Labute approximate surface area is 138 Å². The minimum Gasteiger partial charge on any atom is -0.507 e. The molecule has 1 atom stereocenters. The van der Waals surface area contributed by atoms with Crippen LogP contribution in [0.1, 0.15) is 5.56 Å². The molecule has 1 aromatic carbocycles. The fourth-order valence-corrected chi connectivity index (χ4v) is 2.97. The highest BCUT2D eigenvalue weighted by atomic mass is 35.5. The van der Waals surface area contributed by atoms with E-state index in [0.717, 1.165) is 5.56 Å². The zero-order chi connectivity index (χ0) is 16.4.